The minimum absolute atomic E-state index is 0.210. The van der Waals surface area contributed by atoms with E-state index in [2.05, 4.69) is 36.0 Å². The number of likely N-dealkylation sites (tertiary alicyclic amines) is 1. The van der Waals surface area contributed by atoms with E-state index in [0.717, 1.165) is 38.8 Å². The third kappa shape index (κ3) is 2.27. The fraction of sp³-hybridized carbons (Fsp3) is 0.938. The average Bonchev–Trinajstić information content (AvgIpc) is 2.99. The molecule has 3 rings (SSSR count). The van der Waals surface area contributed by atoms with Crippen LogP contribution in [-0.4, -0.2) is 53.6 Å². The molecular formula is C16H29N3O. The van der Waals surface area contributed by atoms with Gasteiger partial charge in [0.2, 0.25) is 5.91 Å². The summed E-state index contributed by atoms with van der Waals surface area (Å²) in [5, 5.41) is 3.74. The molecule has 2 aliphatic heterocycles. The second-order valence-corrected chi connectivity index (χ2v) is 7.37. The normalized spacial score (nSPS) is 31.9. The predicted octanol–water partition coefficient (Wildman–Crippen LogP) is 1.81. The van der Waals surface area contributed by atoms with Gasteiger partial charge in [-0.05, 0) is 51.7 Å². The van der Waals surface area contributed by atoms with Crippen LogP contribution in [-0.2, 0) is 4.79 Å². The van der Waals surface area contributed by atoms with E-state index in [1.165, 1.54) is 12.8 Å². The van der Waals surface area contributed by atoms with Crippen LogP contribution in [0.15, 0.2) is 0 Å². The van der Waals surface area contributed by atoms with Crippen LogP contribution in [0, 0.1) is 5.92 Å². The molecule has 0 aromatic rings. The van der Waals surface area contributed by atoms with Gasteiger partial charge in [0.25, 0.3) is 0 Å². The van der Waals surface area contributed by atoms with Crippen LogP contribution in [0.25, 0.3) is 0 Å². The van der Waals surface area contributed by atoms with Crippen LogP contribution in [0.3, 0.4) is 0 Å². The molecule has 3 fully saturated rings. The quantitative estimate of drug-likeness (QED) is 0.837. The van der Waals surface area contributed by atoms with Crippen molar-refractivity contribution >= 4 is 5.91 Å². The Balaban J connectivity index is 1.81. The first-order chi connectivity index (χ1) is 9.53. The molecule has 4 nitrogen and oxygen atoms in total. The number of amides is 1. The SMILES string of the molecule is CC(C)C1NC2(CCCC2)C(=O)N1C1CCN(C)CC1. The van der Waals surface area contributed by atoms with E-state index in [9.17, 15) is 4.79 Å². The second-order valence-electron chi connectivity index (χ2n) is 7.37. The minimum Gasteiger partial charge on any atom is -0.322 e. The smallest absolute Gasteiger partial charge is 0.244 e. The summed E-state index contributed by atoms with van der Waals surface area (Å²) in [7, 11) is 2.18. The lowest BCUT2D eigenvalue weighted by Crippen LogP contribution is -2.51. The maximum Gasteiger partial charge on any atom is 0.244 e. The molecule has 1 unspecified atom stereocenters. The van der Waals surface area contributed by atoms with E-state index in [0.29, 0.717) is 17.9 Å². The molecule has 1 atom stereocenters. The maximum atomic E-state index is 13.1. The van der Waals surface area contributed by atoms with E-state index >= 15 is 0 Å². The zero-order valence-electron chi connectivity index (χ0n) is 13.2. The van der Waals surface area contributed by atoms with Gasteiger partial charge in [-0.15, -0.1) is 0 Å². The van der Waals surface area contributed by atoms with Crippen molar-refractivity contribution in [2.75, 3.05) is 20.1 Å². The van der Waals surface area contributed by atoms with E-state index in [1.807, 2.05) is 0 Å². The highest BCUT2D eigenvalue weighted by molar-refractivity contribution is 5.89. The molecule has 0 aromatic carbocycles. The van der Waals surface area contributed by atoms with E-state index < -0.39 is 0 Å². The van der Waals surface area contributed by atoms with Crippen molar-refractivity contribution in [2.45, 2.75) is 70.1 Å². The molecule has 0 bridgehead atoms. The summed E-state index contributed by atoms with van der Waals surface area (Å²) in [5.41, 5.74) is -0.210. The van der Waals surface area contributed by atoms with Crippen molar-refractivity contribution in [3.63, 3.8) is 0 Å². The third-order valence-corrected chi connectivity index (χ3v) is 5.54. The third-order valence-electron chi connectivity index (χ3n) is 5.54. The van der Waals surface area contributed by atoms with Crippen LogP contribution in [0.1, 0.15) is 52.4 Å². The molecular weight excluding hydrogens is 250 g/mol. The minimum atomic E-state index is -0.210. The number of hydrogen-bond acceptors (Lipinski definition) is 3. The van der Waals surface area contributed by atoms with E-state index in [-0.39, 0.29) is 11.7 Å². The van der Waals surface area contributed by atoms with Crippen molar-refractivity contribution < 1.29 is 4.79 Å². The fourth-order valence-corrected chi connectivity index (χ4v) is 4.28. The summed E-state index contributed by atoms with van der Waals surface area (Å²) >= 11 is 0. The van der Waals surface area contributed by atoms with Crippen LogP contribution in [0.4, 0.5) is 0 Å². The molecule has 2 saturated heterocycles. The van der Waals surface area contributed by atoms with Crippen LogP contribution < -0.4 is 5.32 Å². The first kappa shape index (κ1) is 14.3. The molecule has 0 aromatic heterocycles. The molecule has 1 N–H and O–H groups in total. The molecule has 1 spiro atoms. The zero-order chi connectivity index (χ0) is 14.3. The lowest BCUT2D eigenvalue weighted by Gasteiger charge is -2.39. The van der Waals surface area contributed by atoms with Gasteiger partial charge >= 0.3 is 0 Å². The Kier molecular flexibility index (Phi) is 3.80. The highest BCUT2D eigenvalue weighted by Gasteiger charge is 2.54. The van der Waals surface area contributed by atoms with Gasteiger partial charge in [0, 0.05) is 6.04 Å². The number of carbonyl (C=O) groups excluding carboxylic acids is 1. The van der Waals surface area contributed by atoms with Crippen LogP contribution in [0.5, 0.6) is 0 Å². The van der Waals surface area contributed by atoms with Gasteiger partial charge in [-0.2, -0.15) is 0 Å². The number of piperidine rings is 1. The Labute approximate surface area is 122 Å². The van der Waals surface area contributed by atoms with Gasteiger partial charge in [-0.1, -0.05) is 26.7 Å². The summed E-state index contributed by atoms with van der Waals surface area (Å²) in [5.74, 6) is 0.891. The van der Waals surface area contributed by atoms with Crippen molar-refractivity contribution in [1.29, 1.82) is 0 Å². The predicted molar refractivity (Wildman–Crippen MR) is 80.3 cm³/mol. The average molecular weight is 279 g/mol. The molecule has 114 valence electrons. The molecule has 1 saturated carbocycles. The van der Waals surface area contributed by atoms with Gasteiger partial charge in [-0.25, -0.2) is 0 Å². The Bertz CT molecular complexity index is 368. The molecule has 4 heteroatoms. The summed E-state index contributed by atoms with van der Waals surface area (Å²) in [6.07, 6.45) is 6.98. The molecule has 3 aliphatic rings. The van der Waals surface area contributed by atoms with Gasteiger partial charge in [0.15, 0.2) is 0 Å². The highest BCUT2D eigenvalue weighted by atomic mass is 16.2. The molecule has 2 heterocycles. The van der Waals surface area contributed by atoms with E-state index in [1.54, 1.807) is 0 Å². The largest absolute Gasteiger partial charge is 0.322 e. The number of nitrogens with one attached hydrogen (secondary N) is 1. The summed E-state index contributed by atoms with van der Waals surface area (Å²) in [6, 6.07) is 0.443. The first-order valence-corrected chi connectivity index (χ1v) is 8.32. The first-order valence-electron chi connectivity index (χ1n) is 8.32. The Morgan fingerprint density at radius 3 is 2.35 bits per heavy atom. The zero-order valence-corrected chi connectivity index (χ0v) is 13.2. The highest BCUT2D eigenvalue weighted by Crippen LogP contribution is 2.39. The lowest BCUT2D eigenvalue weighted by atomic mass is 9.96. The van der Waals surface area contributed by atoms with Gasteiger partial charge in [0.05, 0.1) is 11.7 Å². The monoisotopic (exact) mass is 279 g/mol. The van der Waals surface area contributed by atoms with Gasteiger partial charge in [0.1, 0.15) is 0 Å². The number of hydrogen-bond donors (Lipinski definition) is 1. The van der Waals surface area contributed by atoms with Crippen LogP contribution in [0.2, 0.25) is 0 Å². The van der Waals surface area contributed by atoms with Crippen LogP contribution >= 0.6 is 0 Å². The maximum absolute atomic E-state index is 13.1. The fourth-order valence-electron chi connectivity index (χ4n) is 4.28. The number of rotatable bonds is 2. The van der Waals surface area contributed by atoms with Crippen molar-refractivity contribution in [2.24, 2.45) is 5.92 Å². The van der Waals surface area contributed by atoms with Crippen molar-refractivity contribution in [1.82, 2.24) is 15.1 Å². The van der Waals surface area contributed by atoms with Gasteiger partial charge < -0.3 is 9.80 Å². The standard InChI is InChI=1S/C16H29N3O/c1-12(2)14-17-16(8-4-5-9-16)15(20)19(14)13-6-10-18(3)11-7-13/h12-14,17H,4-11H2,1-3H3. The van der Waals surface area contributed by atoms with Crippen molar-refractivity contribution in [3.8, 4) is 0 Å². The van der Waals surface area contributed by atoms with Crippen molar-refractivity contribution in [3.05, 3.63) is 0 Å². The summed E-state index contributed by atoms with van der Waals surface area (Å²) < 4.78 is 0. The van der Waals surface area contributed by atoms with Gasteiger partial charge in [-0.3, -0.25) is 10.1 Å². The number of carbonyl (C=O) groups is 1. The Morgan fingerprint density at radius 1 is 1.20 bits per heavy atom. The summed E-state index contributed by atoms with van der Waals surface area (Å²) in [4.78, 5) is 17.7. The number of nitrogens with zero attached hydrogens (tertiary/aromatic N) is 2. The van der Waals surface area contributed by atoms with E-state index in [4.69, 9.17) is 0 Å². The lowest BCUT2D eigenvalue weighted by molar-refractivity contribution is -0.136. The topological polar surface area (TPSA) is 35.6 Å². The Hall–Kier alpha value is -0.610. The molecule has 1 amide bonds. The summed E-state index contributed by atoms with van der Waals surface area (Å²) in [6.45, 7) is 6.71. The Morgan fingerprint density at radius 2 is 1.80 bits per heavy atom. The molecule has 0 radical (unpaired) electrons. The molecule has 1 aliphatic carbocycles. The molecule has 20 heavy (non-hydrogen) atoms. The second kappa shape index (κ2) is 5.30.